The van der Waals surface area contributed by atoms with Crippen molar-refractivity contribution >= 4 is 32.8 Å². The van der Waals surface area contributed by atoms with Crippen molar-refractivity contribution < 1.29 is 21.7 Å². The molecule has 0 unspecified atom stereocenters. The smallest absolute Gasteiger partial charge is 0 e. The Morgan fingerprint density at radius 3 is 1.00 bits per heavy atom. The van der Waals surface area contributed by atoms with Gasteiger partial charge in [-0.1, -0.05) is 0 Å². The summed E-state index contributed by atoms with van der Waals surface area (Å²) in [5.74, 6) is 0. The molecule has 0 amide bonds. The van der Waals surface area contributed by atoms with Gasteiger partial charge in [-0.2, -0.15) is 0 Å². The van der Waals surface area contributed by atoms with E-state index < -0.39 is 0 Å². The van der Waals surface area contributed by atoms with Crippen LogP contribution in [0.15, 0.2) is 0 Å². The Morgan fingerprint density at radius 2 is 1.00 bits per heavy atom. The van der Waals surface area contributed by atoms with Gasteiger partial charge in [-0.3, -0.25) is 0 Å². The molecule has 20 valence electrons. The number of rotatable bonds is 0. The fraction of sp³-hybridized carbons (Fsp3) is 0. The van der Waals surface area contributed by atoms with Crippen molar-refractivity contribution in [2.45, 2.75) is 0 Å². The average Bonchev–Trinajstić information content (AvgIpc) is 1.00. The van der Waals surface area contributed by atoms with E-state index in [9.17, 15) is 0 Å². The summed E-state index contributed by atoms with van der Waals surface area (Å²) in [6, 6.07) is 0. The summed E-state index contributed by atoms with van der Waals surface area (Å²) in [6.07, 6.45) is 0. The summed E-state index contributed by atoms with van der Waals surface area (Å²) in [5, 5.41) is 0. The van der Waals surface area contributed by atoms with Crippen LogP contribution < -0.4 is 0 Å². The molecular formula is H7AlB2Ti. The molecule has 0 spiro atoms. The fourth-order valence-electron chi connectivity index (χ4n) is 0. The van der Waals surface area contributed by atoms with E-state index in [4.69, 9.17) is 0 Å². The van der Waals surface area contributed by atoms with Crippen LogP contribution in [0.25, 0.3) is 0 Å². The normalized spacial score (nSPS) is 1.00. The Morgan fingerprint density at radius 1 is 1.00 bits per heavy atom. The molecule has 0 bridgehead atoms. The van der Waals surface area contributed by atoms with Crippen molar-refractivity contribution in [1.29, 1.82) is 0 Å². The van der Waals surface area contributed by atoms with Crippen LogP contribution in [0.4, 0.5) is 0 Å². The first-order valence-corrected chi connectivity index (χ1v) is 1.00. The molecule has 0 fully saturated rings. The van der Waals surface area contributed by atoms with Gasteiger partial charge in [0, 0.05) is 21.7 Å². The van der Waals surface area contributed by atoms with Crippen LogP contribution in [0.3, 0.4) is 0 Å². The molecule has 0 aliphatic heterocycles. The predicted molar refractivity (Wildman–Crippen MR) is 27.0 cm³/mol. The molecule has 0 N–H and O–H groups in total. The second kappa shape index (κ2) is 26.3. The van der Waals surface area contributed by atoms with E-state index in [2.05, 4.69) is 0 Å². The van der Waals surface area contributed by atoms with Crippen LogP contribution >= 0.6 is 0 Å². The first-order valence-electron chi connectivity index (χ1n) is 1.00. The van der Waals surface area contributed by atoms with Gasteiger partial charge in [0.2, 0.25) is 0 Å². The van der Waals surface area contributed by atoms with Gasteiger partial charge in [0.25, 0.3) is 0 Å². The topological polar surface area (TPSA) is 0 Å². The molecule has 0 saturated carbocycles. The molecule has 0 atom stereocenters. The maximum atomic E-state index is 2.00. The van der Waals surface area contributed by atoms with Crippen molar-refractivity contribution in [3.8, 4) is 0 Å². The average molecular weight is 104 g/mol. The van der Waals surface area contributed by atoms with Crippen molar-refractivity contribution in [2.24, 2.45) is 0 Å². The van der Waals surface area contributed by atoms with Crippen molar-refractivity contribution in [3.63, 3.8) is 0 Å². The van der Waals surface area contributed by atoms with Crippen LogP contribution in [0.1, 0.15) is 0 Å². The molecule has 0 rings (SSSR count). The van der Waals surface area contributed by atoms with Gasteiger partial charge in [-0.05, 0) is 0 Å². The third-order valence-electron chi connectivity index (χ3n) is 0. The summed E-state index contributed by atoms with van der Waals surface area (Å²) < 4.78 is 0. The molecule has 4 heavy (non-hydrogen) atoms. The molecule has 0 nitrogen and oxygen atoms in total. The van der Waals surface area contributed by atoms with E-state index in [0.29, 0.717) is 0 Å². The molecule has 4 heteroatoms. The Balaban J connectivity index is -0.00000000500. The van der Waals surface area contributed by atoms with Gasteiger partial charge < -0.3 is 0 Å². The second-order valence-electron chi connectivity index (χ2n) is 0. The van der Waals surface area contributed by atoms with Crippen molar-refractivity contribution in [3.05, 3.63) is 0 Å². The Kier molecular flexibility index (Phi) is 120. The molecule has 0 heterocycles. The van der Waals surface area contributed by atoms with E-state index in [-0.39, 0.29) is 39.1 Å². The summed E-state index contributed by atoms with van der Waals surface area (Å²) >= 11 is 0. The molecule has 0 aromatic carbocycles. The maximum absolute atomic E-state index is 2.00. The minimum Gasteiger partial charge on any atom is 0 e. The third kappa shape index (κ3) is 10.1. The van der Waals surface area contributed by atoms with Gasteiger partial charge >= 0.3 is 0 Å². The van der Waals surface area contributed by atoms with Gasteiger partial charge in [-0.25, -0.2) is 0 Å². The summed E-state index contributed by atoms with van der Waals surface area (Å²) in [6.45, 7) is 0. The van der Waals surface area contributed by atoms with E-state index in [1.54, 1.807) is 0 Å². The number of hydrogen-bond acceptors (Lipinski definition) is 0. The molecule has 0 radical (unpaired) electrons. The first kappa shape index (κ1) is 18.2. The Hall–Kier alpha value is 1.38. The second-order valence-corrected chi connectivity index (χ2v) is 0. The standard InChI is InChI=1S/Al.B2H4.Ti.3H/c;1-2;;;;/h;1-2H2;;;;. The molecular weight excluding hydrogens is 96.5 g/mol. The minimum absolute atomic E-state index is 0. The van der Waals surface area contributed by atoms with Crippen LogP contribution in [0, 0.1) is 0 Å². The van der Waals surface area contributed by atoms with E-state index in [1.807, 2.05) is 15.5 Å². The van der Waals surface area contributed by atoms with Crippen molar-refractivity contribution in [1.82, 2.24) is 0 Å². The largest absolute Gasteiger partial charge is 0.187 e. The Bertz CT molecular complexity index is 6.00. The predicted octanol–water partition coefficient (Wildman–Crippen LogP) is -3.02. The monoisotopic (exact) mass is 104 g/mol. The molecule has 0 aliphatic rings. The summed E-state index contributed by atoms with van der Waals surface area (Å²) in [4.78, 5) is 0. The quantitative estimate of drug-likeness (QED) is 0.287. The third-order valence-corrected chi connectivity index (χ3v) is 0. The van der Waals surface area contributed by atoms with Crippen LogP contribution in [0.2, 0.25) is 0 Å². The molecule has 0 aromatic rings. The first-order chi connectivity index (χ1) is 1.00. The van der Waals surface area contributed by atoms with E-state index in [1.165, 1.54) is 0 Å². The zero-order valence-electron chi connectivity index (χ0n) is 2.50. The van der Waals surface area contributed by atoms with E-state index >= 15 is 0 Å². The van der Waals surface area contributed by atoms with Crippen LogP contribution in [0.5, 0.6) is 0 Å². The van der Waals surface area contributed by atoms with Gasteiger partial charge in [0.15, 0.2) is 17.4 Å². The zero-order valence-corrected chi connectivity index (χ0v) is 4.06. The molecule has 0 aromatic heterocycles. The SMILES string of the molecule is BB.[AlH3].[Ti]. The van der Waals surface area contributed by atoms with Gasteiger partial charge in [0.05, 0.1) is 15.5 Å². The molecule has 0 aliphatic carbocycles. The maximum Gasteiger partial charge on any atom is 0.187 e. The summed E-state index contributed by atoms with van der Waals surface area (Å²) in [5.41, 5.74) is 0. The Labute approximate surface area is 54.5 Å². The zero-order chi connectivity index (χ0) is 2.00. The summed E-state index contributed by atoms with van der Waals surface area (Å²) in [7, 11) is 4.00. The molecule has 0 saturated heterocycles. The van der Waals surface area contributed by atoms with Crippen LogP contribution in [-0.2, 0) is 21.7 Å². The van der Waals surface area contributed by atoms with Gasteiger partial charge in [0.1, 0.15) is 0 Å². The van der Waals surface area contributed by atoms with E-state index in [0.717, 1.165) is 0 Å². The van der Waals surface area contributed by atoms with Crippen molar-refractivity contribution in [2.75, 3.05) is 0 Å². The number of hydrogen-bond donors (Lipinski definition) is 0. The fourth-order valence-corrected chi connectivity index (χ4v) is 0. The minimum atomic E-state index is 0. The van der Waals surface area contributed by atoms with Gasteiger partial charge in [-0.15, -0.1) is 0 Å². The van der Waals surface area contributed by atoms with Crippen LogP contribution in [-0.4, -0.2) is 32.8 Å².